The first-order valence-corrected chi connectivity index (χ1v) is 8.76. The van der Waals surface area contributed by atoms with Gasteiger partial charge in [-0.2, -0.15) is 13.2 Å². The molecular formula is C19H19F3N2O3. The molecule has 0 bridgehead atoms. The highest BCUT2D eigenvalue weighted by atomic mass is 19.4. The van der Waals surface area contributed by atoms with Gasteiger partial charge in [0.25, 0.3) is 5.91 Å². The topological polar surface area (TPSA) is 68.3 Å². The molecule has 0 saturated heterocycles. The normalized spacial score (nSPS) is 14.3. The molecule has 0 unspecified atom stereocenters. The first kappa shape index (κ1) is 19.1. The Kier molecular flexibility index (Phi) is 5.62. The Morgan fingerprint density at radius 2 is 1.85 bits per heavy atom. The maximum atomic E-state index is 12.7. The number of fused-ring (bicyclic) bond motifs is 2. The van der Waals surface area contributed by atoms with E-state index in [1.54, 1.807) is 23.5 Å². The number of pyridine rings is 1. The predicted molar refractivity (Wildman–Crippen MR) is 92.3 cm³/mol. The molecule has 1 aliphatic carbocycles. The molecule has 8 heteroatoms. The van der Waals surface area contributed by atoms with Crippen LogP contribution in [0.25, 0.3) is 10.9 Å². The Balaban J connectivity index is 1.83. The third-order valence-corrected chi connectivity index (χ3v) is 4.44. The zero-order valence-corrected chi connectivity index (χ0v) is 14.6. The van der Waals surface area contributed by atoms with Crippen molar-refractivity contribution in [3.8, 4) is 0 Å². The number of hydrogen-bond donors (Lipinski definition) is 1. The molecule has 1 aromatic heterocycles. The van der Waals surface area contributed by atoms with E-state index in [0.717, 1.165) is 36.9 Å². The summed E-state index contributed by atoms with van der Waals surface area (Å²) < 4.78 is 41.5. The number of esters is 1. The van der Waals surface area contributed by atoms with E-state index >= 15 is 0 Å². The highest BCUT2D eigenvalue weighted by Crippen LogP contribution is 2.29. The fourth-order valence-corrected chi connectivity index (χ4v) is 3.24. The highest BCUT2D eigenvalue weighted by molar-refractivity contribution is 6.05. The van der Waals surface area contributed by atoms with E-state index in [-0.39, 0.29) is 0 Å². The summed E-state index contributed by atoms with van der Waals surface area (Å²) in [7, 11) is 0. The van der Waals surface area contributed by atoms with E-state index in [1.165, 1.54) is 0 Å². The Bertz CT molecular complexity index is 865. The number of para-hydroxylation sites is 1. The molecule has 1 aromatic carbocycles. The zero-order chi connectivity index (χ0) is 19.4. The van der Waals surface area contributed by atoms with Gasteiger partial charge in [0.05, 0.1) is 11.1 Å². The fourth-order valence-electron chi connectivity index (χ4n) is 3.24. The Morgan fingerprint density at radius 1 is 1.11 bits per heavy atom. The lowest BCUT2D eigenvalue weighted by atomic mass is 9.97. The summed E-state index contributed by atoms with van der Waals surface area (Å²) in [5, 5.41) is 2.31. The van der Waals surface area contributed by atoms with Crippen molar-refractivity contribution >= 4 is 22.8 Å². The minimum atomic E-state index is -4.52. The lowest BCUT2D eigenvalue weighted by Gasteiger charge is -2.15. The van der Waals surface area contributed by atoms with Gasteiger partial charge in [-0.1, -0.05) is 24.6 Å². The molecule has 0 spiro atoms. The van der Waals surface area contributed by atoms with Crippen LogP contribution in [0.5, 0.6) is 0 Å². The van der Waals surface area contributed by atoms with Crippen LogP contribution in [0.2, 0.25) is 0 Å². The quantitative estimate of drug-likeness (QED) is 0.653. The number of alkyl halides is 3. The molecule has 1 aliphatic rings. The van der Waals surface area contributed by atoms with Crippen molar-refractivity contribution < 1.29 is 27.5 Å². The van der Waals surface area contributed by atoms with Crippen LogP contribution in [-0.2, 0) is 22.4 Å². The number of hydrogen-bond acceptors (Lipinski definition) is 4. The van der Waals surface area contributed by atoms with Crippen LogP contribution in [0.3, 0.4) is 0 Å². The summed E-state index contributed by atoms with van der Waals surface area (Å²) in [6.45, 7) is -2.22. The van der Waals surface area contributed by atoms with Gasteiger partial charge in [0.1, 0.15) is 6.54 Å². The van der Waals surface area contributed by atoms with Crippen LogP contribution >= 0.6 is 0 Å². The lowest BCUT2D eigenvalue weighted by molar-refractivity contribution is -0.140. The third-order valence-electron chi connectivity index (χ3n) is 4.44. The maximum absolute atomic E-state index is 12.7. The van der Waals surface area contributed by atoms with E-state index in [2.05, 4.69) is 4.98 Å². The van der Waals surface area contributed by atoms with Crippen LogP contribution < -0.4 is 5.32 Å². The Hall–Kier alpha value is -2.64. The number of amides is 1. The SMILES string of the molecule is O=C(COC(=O)c1c2c(nc3ccccc13)CCCCC2)NCC(F)(F)F. The average molecular weight is 380 g/mol. The number of carbonyl (C=O) groups excluding carboxylic acids is 2. The summed E-state index contributed by atoms with van der Waals surface area (Å²) in [5.74, 6) is -1.71. The minimum absolute atomic E-state index is 0.362. The summed E-state index contributed by atoms with van der Waals surface area (Å²) >= 11 is 0. The van der Waals surface area contributed by atoms with Crippen LogP contribution in [0.4, 0.5) is 13.2 Å². The van der Waals surface area contributed by atoms with Crippen LogP contribution in [0, 0.1) is 0 Å². The number of ether oxygens (including phenoxy) is 1. The fraction of sp³-hybridized carbons (Fsp3) is 0.421. The van der Waals surface area contributed by atoms with E-state index in [1.807, 2.05) is 6.07 Å². The second-order valence-electron chi connectivity index (χ2n) is 6.46. The second-order valence-corrected chi connectivity index (χ2v) is 6.46. The van der Waals surface area contributed by atoms with E-state index in [9.17, 15) is 22.8 Å². The van der Waals surface area contributed by atoms with Gasteiger partial charge in [0.15, 0.2) is 6.61 Å². The zero-order valence-electron chi connectivity index (χ0n) is 14.6. The third kappa shape index (κ3) is 4.75. The van der Waals surface area contributed by atoms with Crippen LogP contribution in [0.1, 0.15) is 40.9 Å². The molecule has 0 aliphatic heterocycles. The Morgan fingerprint density at radius 3 is 2.63 bits per heavy atom. The molecule has 144 valence electrons. The van der Waals surface area contributed by atoms with Crippen molar-refractivity contribution in [2.24, 2.45) is 0 Å². The summed E-state index contributed by atoms with van der Waals surface area (Å²) in [6, 6.07) is 7.15. The monoisotopic (exact) mass is 380 g/mol. The molecule has 0 saturated carbocycles. The molecule has 0 atom stereocenters. The average Bonchev–Trinajstić information content (AvgIpc) is 2.87. The first-order chi connectivity index (χ1) is 12.8. The summed E-state index contributed by atoms with van der Waals surface area (Å²) in [5.41, 5.74) is 2.68. The number of carbonyl (C=O) groups is 2. The number of nitrogens with zero attached hydrogens (tertiary/aromatic N) is 1. The first-order valence-electron chi connectivity index (χ1n) is 8.76. The maximum Gasteiger partial charge on any atom is 0.405 e. The molecule has 3 rings (SSSR count). The second kappa shape index (κ2) is 7.94. The predicted octanol–water partition coefficient (Wildman–Crippen LogP) is 3.34. The van der Waals surface area contributed by atoms with E-state index in [0.29, 0.717) is 22.9 Å². The van der Waals surface area contributed by atoms with Crippen LogP contribution in [-0.4, -0.2) is 36.2 Å². The van der Waals surface area contributed by atoms with E-state index < -0.39 is 31.2 Å². The molecule has 1 N–H and O–H groups in total. The highest BCUT2D eigenvalue weighted by Gasteiger charge is 2.28. The van der Waals surface area contributed by atoms with Gasteiger partial charge in [0, 0.05) is 11.1 Å². The van der Waals surface area contributed by atoms with Crippen molar-refractivity contribution in [1.29, 1.82) is 0 Å². The Labute approximate surface area is 153 Å². The van der Waals surface area contributed by atoms with Crippen molar-refractivity contribution in [2.75, 3.05) is 13.2 Å². The van der Waals surface area contributed by atoms with E-state index in [4.69, 9.17) is 4.74 Å². The van der Waals surface area contributed by atoms with Gasteiger partial charge >= 0.3 is 12.1 Å². The number of aryl methyl sites for hydroxylation is 1. The van der Waals surface area contributed by atoms with Crippen molar-refractivity contribution in [2.45, 2.75) is 38.3 Å². The number of benzene rings is 1. The van der Waals surface area contributed by atoms with Gasteiger partial charge in [-0.15, -0.1) is 0 Å². The van der Waals surface area contributed by atoms with Gasteiger partial charge in [-0.05, 0) is 37.3 Å². The molecule has 0 fully saturated rings. The molecule has 1 amide bonds. The minimum Gasteiger partial charge on any atom is -0.452 e. The molecule has 5 nitrogen and oxygen atoms in total. The molecule has 2 aromatic rings. The largest absolute Gasteiger partial charge is 0.452 e. The number of nitrogens with one attached hydrogen (secondary N) is 1. The number of rotatable bonds is 4. The summed E-state index contributed by atoms with van der Waals surface area (Å²) in [4.78, 5) is 28.9. The van der Waals surface area contributed by atoms with Gasteiger partial charge in [0.2, 0.25) is 0 Å². The van der Waals surface area contributed by atoms with Crippen molar-refractivity contribution in [3.05, 3.63) is 41.1 Å². The lowest BCUT2D eigenvalue weighted by Crippen LogP contribution is -2.36. The van der Waals surface area contributed by atoms with Gasteiger partial charge < -0.3 is 10.1 Å². The van der Waals surface area contributed by atoms with Crippen molar-refractivity contribution in [1.82, 2.24) is 10.3 Å². The molecule has 1 heterocycles. The number of aromatic nitrogens is 1. The number of halogens is 3. The van der Waals surface area contributed by atoms with Gasteiger partial charge in [-0.25, -0.2) is 4.79 Å². The van der Waals surface area contributed by atoms with Crippen molar-refractivity contribution in [3.63, 3.8) is 0 Å². The smallest absolute Gasteiger partial charge is 0.405 e. The van der Waals surface area contributed by atoms with Gasteiger partial charge in [-0.3, -0.25) is 9.78 Å². The molecule has 0 radical (unpaired) electrons. The standard InChI is InChI=1S/C19H19F3N2O3/c20-19(21,22)11-23-16(25)10-27-18(26)17-12-6-2-1-3-8-14(12)24-15-9-5-4-7-13(15)17/h4-5,7,9H,1-3,6,8,10-11H2,(H,23,25). The molecule has 27 heavy (non-hydrogen) atoms. The summed E-state index contributed by atoms with van der Waals surface area (Å²) in [6.07, 6.45) is -0.157. The molecular weight excluding hydrogens is 361 g/mol. The van der Waals surface area contributed by atoms with Crippen LogP contribution in [0.15, 0.2) is 24.3 Å².